The van der Waals surface area contributed by atoms with E-state index in [1.165, 1.54) is 0 Å². The van der Waals surface area contributed by atoms with E-state index in [9.17, 15) is 10.2 Å². The average molecular weight is 291 g/mol. The van der Waals surface area contributed by atoms with Crippen LogP contribution in [0.3, 0.4) is 0 Å². The molecule has 0 bridgehead atoms. The van der Waals surface area contributed by atoms with Gasteiger partial charge in [-0.15, -0.1) is 0 Å². The number of ether oxygens (including phenoxy) is 2. The third-order valence-corrected chi connectivity index (χ3v) is 4.24. The van der Waals surface area contributed by atoms with Gasteiger partial charge in [0.1, 0.15) is 11.5 Å². The second-order valence-corrected chi connectivity index (χ2v) is 6.18. The van der Waals surface area contributed by atoms with Crippen molar-refractivity contribution in [3.05, 3.63) is 29.3 Å². The number of aromatic hydroxyl groups is 1. The smallest absolute Gasteiger partial charge is 0.156 e. The molecule has 1 aromatic rings. The van der Waals surface area contributed by atoms with Crippen LogP contribution in [0.25, 0.3) is 5.76 Å². The van der Waals surface area contributed by atoms with Crippen molar-refractivity contribution < 1.29 is 19.7 Å². The number of rotatable bonds is 2. The third-order valence-electron chi connectivity index (χ3n) is 4.24. The lowest BCUT2D eigenvalue weighted by Crippen LogP contribution is -2.40. The first-order chi connectivity index (χ1) is 9.84. The minimum Gasteiger partial charge on any atom is -0.506 e. The highest BCUT2D eigenvalue weighted by molar-refractivity contribution is 5.83. The average Bonchev–Trinajstić information content (AvgIpc) is 2.84. The molecule has 21 heavy (non-hydrogen) atoms. The molecule has 2 aliphatic rings. The van der Waals surface area contributed by atoms with Gasteiger partial charge in [-0.05, 0) is 26.0 Å². The van der Waals surface area contributed by atoms with E-state index >= 15 is 0 Å². The third kappa shape index (κ3) is 2.08. The molecular weight excluding hydrogens is 270 g/mol. The fourth-order valence-electron chi connectivity index (χ4n) is 3.15. The van der Waals surface area contributed by atoms with Gasteiger partial charge in [0.25, 0.3) is 0 Å². The van der Waals surface area contributed by atoms with E-state index in [4.69, 9.17) is 9.47 Å². The van der Waals surface area contributed by atoms with Crippen molar-refractivity contribution in [1.82, 2.24) is 0 Å². The van der Waals surface area contributed by atoms with Gasteiger partial charge < -0.3 is 24.6 Å². The topological polar surface area (TPSA) is 62.2 Å². The fourth-order valence-corrected chi connectivity index (χ4v) is 3.15. The van der Waals surface area contributed by atoms with E-state index in [0.29, 0.717) is 12.1 Å². The number of phenolic OH excluding ortho intramolecular Hbond substituents is 1. The summed E-state index contributed by atoms with van der Waals surface area (Å²) in [6, 6.07) is 5.37. The number of hydrogen-bond donors (Lipinski definition) is 2. The Labute approximate surface area is 124 Å². The molecule has 2 heterocycles. The fraction of sp³-hybridized carbons (Fsp3) is 0.500. The summed E-state index contributed by atoms with van der Waals surface area (Å²) in [5.74, 6) is 0.926. The van der Waals surface area contributed by atoms with Gasteiger partial charge in [0.2, 0.25) is 0 Å². The molecule has 2 N–H and O–H groups in total. The summed E-state index contributed by atoms with van der Waals surface area (Å²) in [5.41, 5.74) is 1.62. The predicted octanol–water partition coefficient (Wildman–Crippen LogP) is 2.09. The lowest BCUT2D eigenvalue weighted by molar-refractivity contribution is -0.0807. The van der Waals surface area contributed by atoms with Crippen LogP contribution in [-0.4, -0.2) is 42.3 Å². The summed E-state index contributed by atoms with van der Waals surface area (Å²) in [4.78, 5) is 1.90. The van der Waals surface area contributed by atoms with Crippen LogP contribution < -0.4 is 4.90 Å². The lowest BCUT2D eigenvalue weighted by atomic mass is 9.93. The van der Waals surface area contributed by atoms with Crippen LogP contribution >= 0.6 is 0 Å². The van der Waals surface area contributed by atoms with E-state index < -0.39 is 5.60 Å². The van der Waals surface area contributed by atoms with Gasteiger partial charge in [-0.1, -0.05) is 6.07 Å². The molecule has 5 nitrogen and oxygen atoms in total. The van der Waals surface area contributed by atoms with Gasteiger partial charge in [-0.25, -0.2) is 0 Å². The molecule has 1 fully saturated rings. The van der Waals surface area contributed by atoms with Gasteiger partial charge in [0.05, 0.1) is 24.5 Å². The number of methoxy groups -OCH3 is 1. The molecule has 0 amide bonds. The molecule has 0 spiro atoms. The Bertz CT molecular complexity index is 603. The maximum absolute atomic E-state index is 10.2. The van der Waals surface area contributed by atoms with Crippen LogP contribution in [0.4, 0.5) is 5.69 Å². The van der Waals surface area contributed by atoms with Crippen molar-refractivity contribution in [1.29, 1.82) is 0 Å². The molecule has 0 radical (unpaired) electrons. The van der Waals surface area contributed by atoms with Crippen LogP contribution in [0.5, 0.6) is 5.75 Å². The molecule has 2 atom stereocenters. The monoisotopic (exact) mass is 291 g/mol. The van der Waals surface area contributed by atoms with Crippen LogP contribution in [0.15, 0.2) is 23.8 Å². The summed E-state index contributed by atoms with van der Waals surface area (Å²) in [5, 5.41) is 20.4. The number of nitrogens with zero attached hydrogens (tertiary/aromatic N) is 1. The zero-order valence-corrected chi connectivity index (χ0v) is 12.8. The van der Waals surface area contributed by atoms with Crippen LogP contribution in [0.2, 0.25) is 0 Å². The molecule has 3 rings (SSSR count). The van der Waals surface area contributed by atoms with E-state index in [1.54, 1.807) is 33.1 Å². The summed E-state index contributed by atoms with van der Waals surface area (Å²) >= 11 is 0. The molecule has 2 aliphatic heterocycles. The van der Waals surface area contributed by atoms with Crippen molar-refractivity contribution >= 4 is 11.4 Å². The van der Waals surface area contributed by atoms with Crippen LogP contribution in [0.1, 0.15) is 25.8 Å². The molecule has 1 saturated heterocycles. The quantitative estimate of drug-likeness (QED) is 0.873. The Kier molecular flexibility index (Phi) is 3.15. The van der Waals surface area contributed by atoms with Gasteiger partial charge >= 0.3 is 0 Å². The Morgan fingerprint density at radius 2 is 2.10 bits per heavy atom. The first-order valence-electron chi connectivity index (χ1n) is 7.04. The molecular formula is C16H21NO4. The number of para-hydroxylation sites is 1. The second-order valence-electron chi connectivity index (χ2n) is 6.18. The Morgan fingerprint density at radius 3 is 2.71 bits per heavy atom. The minimum absolute atomic E-state index is 0.193. The van der Waals surface area contributed by atoms with E-state index in [1.807, 2.05) is 18.0 Å². The lowest BCUT2D eigenvalue weighted by Gasteiger charge is -2.35. The number of likely N-dealkylation sites (N-methyl/N-ethyl adjacent to an activating group) is 1. The first-order valence-corrected chi connectivity index (χ1v) is 7.04. The number of anilines is 1. The SMILES string of the molecule is COC1=C2CC(C(C)(C)O)OC2N(C)c2c(O)cccc21. The number of benzene rings is 1. The van der Waals surface area contributed by atoms with Gasteiger partial charge in [-0.2, -0.15) is 0 Å². The summed E-state index contributed by atoms with van der Waals surface area (Å²) in [6.45, 7) is 3.49. The highest BCUT2D eigenvalue weighted by Crippen LogP contribution is 2.48. The Balaban J connectivity index is 2.12. The second kappa shape index (κ2) is 4.64. The van der Waals surface area contributed by atoms with Crippen molar-refractivity contribution in [2.45, 2.75) is 38.2 Å². The standard InChI is InChI=1S/C16H21NO4/c1-16(2,19)12-8-10-14(20-4)9-6-5-7-11(18)13(9)17(3)15(10)21-12/h5-7,12,15,18-19H,8H2,1-4H3. The Hall–Kier alpha value is -1.72. The van der Waals surface area contributed by atoms with Gasteiger partial charge in [0, 0.05) is 24.6 Å². The molecule has 0 saturated carbocycles. The highest BCUT2D eigenvalue weighted by atomic mass is 16.5. The minimum atomic E-state index is -0.932. The van der Waals surface area contributed by atoms with Crippen LogP contribution in [-0.2, 0) is 9.47 Å². The molecule has 114 valence electrons. The zero-order valence-electron chi connectivity index (χ0n) is 12.8. The first kappa shape index (κ1) is 14.2. The molecule has 2 unspecified atom stereocenters. The van der Waals surface area contributed by atoms with Crippen molar-refractivity contribution in [2.24, 2.45) is 0 Å². The largest absolute Gasteiger partial charge is 0.506 e. The summed E-state index contributed by atoms with van der Waals surface area (Å²) in [6.07, 6.45) is -0.0183. The van der Waals surface area contributed by atoms with E-state index in [2.05, 4.69) is 0 Å². The van der Waals surface area contributed by atoms with Gasteiger partial charge in [-0.3, -0.25) is 0 Å². The number of aliphatic hydroxyl groups is 1. The van der Waals surface area contributed by atoms with Crippen LogP contribution in [0, 0.1) is 0 Å². The van der Waals surface area contributed by atoms with E-state index in [0.717, 1.165) is 16.9 Å². The molecule has 0 aliphatic carbocycles. The van der Waals surface area contributed by atoms with Crippen molar-refractivity contribution in [3.63, 3.8) is 0 Å². The zero-order chi connectivity index (χ0) is 15.4. The maximum atomic E-state index is 10.2. The summed E-state index contributed by atoms with van der Waals surface area (Å²) < 4.78 is 11.6. The predicted molar refractivity (Wildman–Crippen MR) is 80.0 cm³/mol. The summed E-state index contributed by atoms with van der Waals surface area (Å²) in [7, 11) is 3.50. The molecule has 1 aromatic carbocycles. The number of hydrogen-bond acceptors (Lipinski definition) is 5. The van der Waals surface area contributed by atoms with Crippen molar-refractivity contribution in [2.75, 3.05) is 19.1 Å². The Morgan fingerprint density at radius 1 is 1.38 bits per heavy atom. The molecule has 0 aromatic heterocycles. The van der Waals surface area contributed by atoms with E-state index in [-0.39, 0.29) is 18.1 Å². The normalized spacial score (nSPS) is 24.9. The maximum Gasteiger partial charge on any atom is 0.156 e. The number of phenols is 1. The van der Waals surface area contributed by atoms with Gasteiger partial charge in [0.15, 0.2) is 6.23 Å². The molecule has 5 heteroatoms. The number of fused-ring (bicyclic) bond motifs is 2. The highest BCUT2D eigenvalue weighted by Gasteiger charge is 2.45. The van der Waals surface area contributed by atoms with Crippen molar-refractivity contribution in [3.8, 4) is 5.75 Å².